The Morgan fingerprint density at radius 3 is 2.63 bits per heavy atom. The highest BCUT2D eigenvalue weighted by Crippen LogP contribution is 2.18. The number of hydrogen-bond donors (Lipinski definition) is 1. The fraction of sp³-hybridized carbons (Fsp3) is 0.214. The van der Waals surface area contributed by atoms with Crippen LogP contribution in [0.15, 0.2) is 45.3 Å². The van der Waals surface area contributed by atoms with E-state index >= 15 is 0 Å². The molecule has 0 atom stereocenters. The van der Waals surface area contributed by atoms with Crippen LogP contribution in [0.4, 0.5) is 0 Å². The summed E-state index contributed by atoms with van der Waals surface area (Å²) in [5.74, 6) is -0.420. The average Bonchev–Trinajstić information content (AvgIpc) is 2.80. The molecular weight excluding hydrogens is 310 g/mol. The van der Waals surface area contributed by atoms with Crippen molar-refractivity contribution in [1.29, 1.82) is 0 Å². The summed E-state index contributed by atoms with van der Waals surface area (Å²) in [6.07, 6.45) is 0. The highest BCUT2D eigenvalue weighted by molar-refractivity contribution is 9.10. The van der Waals surface area contributed by atoms with Crippen LogP contribution in [0.1, 0.15) is 21.9 Å². The van der Waals surface area contributed by atoms with Crippen molar-refractivity contribution in [2.24, 2.45) is 0 Å². The molecule has 4 nitrogen and oxygen atoms in total. The Labute approximate surface area is 119 Å². The zero-order valence-electron chi connectivity index (χ0n) is 10.5. The van der Waals surface area contributed by atoms with Crippen molar-refractivity contribution >= 4 is 21.9 Å². The fourth-order valence-electron chi connectivity index (χ4n) is 1.82. The van der Waals surface area contributed by atoms with Crippen LogP contribution in [0.2, 0.25) is 0 Å². The summed E-state index contributed by atoms with van der Waals surface area (Å²) in [6.45, 7) is 1.32. The van der Waals surface area contributed by atoms with E-state index in [4.69, 9.17) is 9.52 Å². The maximum atomic E-state index is 10.7. The number of carboxylic acids is 1. The minimum Gasteiger partial charge on any atom is -0.475 e. The number of hydrogen-bond acceptors (Lipinski definition) is 3. The summed E-state index contributed by atoms with van der Waals surface area (Å²) in [4.78, 5) is 12.8. The van der Waals surface area contributed by atoms with Gasteiger partial charge in [0.25, 0.3) is 0 Å². The molecule has 0 radical (unpaired) electrons. The van der Waals surface area contributed by atoms with Crippen LogP contribution in [0, 0.1) is 0 Å². The van der Waals surface area contributed by atoms with E-state index in [2.05, 4.69) is 20.8 Å². The quantitative estimate of drug-likeness (QED) is 0.916. The molecule has 0 aliphatic carbocycles. The van der Waals surface area contributed by atoms with E-state index in [9.17, 15) is 4.79 Å². The maximum Gasteiger partial charge on any atom is 0.371 e. The minimum atomic E-state index is -1.04. The minimum absolute atomic E-state index is 0.0238. The molecule has 0 amide bonds. The Morgan fingerprint density at radius 1 is 1.26 bits per heavy atom. The number of carbonyl (C=O) groups is 1. The van der Waals surface area contributed by atoms with E-state index in [1.807, 2.05) is 31.3 Å². The second kappa shape index (κ2) is 6.04. The molecule has 1 aromatic carbocycles. The van der Waals surface area contributed by atoms with Gasteiger partial charge in [0, 0.05) is 11.0 Å². The third-order valence-corrected chi connectivity index (χ3v) is 3.47. The largest absolute Gasteiger partial charge is 0.475 e. The molecule has 19 heavy (non-hydrogen) atoms. The first-order valence-corrected chi connectivity index (χ1v) is 6.59. The Hall–Kier alpha value is -1.59. The van der Waals surface area contributed by atoms with Crippen molar-refractivity contribution in [3.8, 4) is 0 Å². The summed E-state index contributed by atoms with van der Waals surface area (Å²) in [5.41, 5.74) is 1.18. The average molecular weight is 324 g/mol. The van der Waals surface area contributed by atoms with Gasteiger partial charge in [-0.3, -0.25) is 4.90 Å². The van der Waals surface area contributed by atoms with Gasteiger partial charge in [0.15, 0.2) is 0 Å². The van der Waals surface area contributed by atoms with Gasteiger partial charge in [0.05, 0.1) is 6.54 Å². The van der Waals surface area contributed by atoms with Crippen LogP contribution < -0.4 is 0 Å². The molecule has 0 unspecified atom stereocenters. The van der Waals surface area contributed by atoms with Gasteiger partial charge in [-0.2, -0.15) is 0 Å². The summed E-state index contributed by atoms with van der Waals surface area (Å²) >= 11 is 3.51. The predicted molar refractivity (Wildman–Crippen MR) is 75.0 cm³/mol. The van der Waals surface area contributed by atoms with E-state index < -0.39 is 5.97 Å². The van der Waals surface area contributed by atoms with Crippen molar-refractivity contribution < 1.29 is 14.3 Å². The van der Waals surface area contributed by atoms with Gasteiger partial charge >= 0.3 is 5.97 Å². The van der Waals surface area contributed by atoms with Crippen LogP contribution in [0.3, 0.4) is 0 Å². The fourth-order valence-corrected chi connectivity index (χ4v) is 2.23. The molecule has 2 aromatic rings. The lowest BCUT2D eigenvalue weighted by Gasteiger charge is -2.16. The van der Waals surface area contributed by atoms with Gasteiger partial charge in [0.1, 0.15) is 5.76 Å². The van der Waals surface area contributed by atoms with Crippen LogP contribution >= 0.6 is 15.9 Å². The van der Waals surface area contributed by atoms with Crippen LogP contribution in [0.25, 0.3) is 0 Å². The van der Waals surface area contributed by atoms with E-state index in [1.54, 1.807) is 6.07 Å². The second-order valence-corrected chi connectivity index (χ2v) is 5.19. The summed E-state index contributed by atoms with van der Waals surface area (Å²) in [6, 6.07) is 11.2. The molecule has 2 rings (SSSR count). The first kappa shape index (κ1) is 13.8. The zero-order valence-corrected chi connectivity index (χ0v) is 12.1. The van der Waals surface area contributed by atoms with Gasteiger partial charge in [-0.05, 0) is 30.8 Å². The summed E-state index contributed by atoms with van der Waals surface area (Å²) in [7, 11) is 1.96. The predicted octanol–water partition coefficient (Wildman–Crippen LogP) is 3.37. The molecule has 0 bridgehead atoms. The number of benzene rings is 1. The van der Waals surface area contributed by atoms with Crippen molar-refractivity contribution in [2.75, 3.05) is 7.05 Å². The lowest BCUT2D eigenvalue weighted by atomic mass is 10.2. The van der Waals surface area contributed by atoms with E-state index in [1.165, 1.54) is 11.6 Å². The molecule has 0 fully saturated rings. The molecule has 1 aromatic heterocycles. The molecule has 1 N–H and O–H groups in total. The molecule has 0 saturated carbocycles. The summed E-state index contributed by atoms with van der Waals surface area (Å²) < 4.78 is 6.29. The number of furan rings is 1. The molecule has 5 heteroatoms. The standard InChI is InChI=1S/C14H14BrNO3/c1-16(8-10-4-2-3-5-12(10)15)9-11-6-7-13(19-11)14(17)18/h2-7H,8-9H2,1H3,(H,17,18). The molecule has 100 valence electrons. The first-order valence-electron chi connectivity index (χ1n) is 5.80. The Balaban J connectivity index is 1.99. The maximum absolute atomic E-state index is 10.7. The van der Waals surface area contributed by atoms with E-state index in [-0.39, 0.29) is 5.76 Å². The van der Waals surface area contributed by atoms with Crippen molar-refractivity contribution in [3.05, 3.63) is 58.0 Å². The number of carboxylic acid groups (broad SMARTS) is 1. The van der Waals surface area contributed by atoms with Crippen molar-refractivity contribution in [3.63, 3.8) is 0 Å². The molecule has 0 spiro atoms. The molecule has 0 saturated heterocycles. The summed E-state index contributed by atoms with van der Waals surface area (Å²) in [5, 5.41) is 8.79. The van der Waals surface area contributed by atoms with Crippen molar-refractivity contribution in [2.45, 2.75) is 13.1 Å². The molecule has 1 heterocycles. The topological polar surface area (TPSA) is 53.7 Å². The van der Waals surface area contributed by atoms with E-state index in [0.717, 1.165) is 11.0 Å². The Kier molecular flexibility index (Phi) is 4.39. The van der Waals surface area contributed by atoms with Crippen LogP contribution in [0.5, 0.6) is 0 Å². The number of nitrogens with zero attached hydrogens (tertiary/aromatic N) is 1. The number of aromatic carboxylic acids is 1. The number of halogens is 1. The van der Waals surface area contributed by atoms with Gasteiger partial charge in [-0.25, -0.2) is 4.79 Å². The van der Waals surface area contributed by atoms with E-state index in [0.29, 0.717) is 12.3 Å². The van der Waals surface area contributed by atoms with Gasteiger partial charge in [-0.1, -0.05) is 34.1 Å². The zero-order chi connectivity index (χ0) is 13.8. The Morgan fingerprint density at radius 2 is 2.00 bits per heavy atom. The molecule has 0 aliphatic rings. The van der Waals surface area contributed by atoms with Crippen LogP contribution in [-0.2, 0) is 13.1 Å². The lowest BCUT2D eigenvalue weighted by molar-refractivity contribution is 0.0658. The highest BCUT2D eigenvalue weighted by Gasteiger charge is 2.11. The van der Waals surface area contributed by atoms with Crippen LogP contribution in [-0.4, -0.2) is 23.0 Å². The van der Waals surface area contributed by atoms with Gasteiger partial charge in [-0.15, -0.1) is 0 Å². The highest BCUT2D eigenvalue weighted by atomic mass is 79.9. The lowest BCUT2D eigenvalue weighted by Crippen LogP contribution is -2.17. The third-order valence-electron chi connectivity index (χ3n) is 2.70. The molecule has 0 aliphatic heterocycles. The second-order valence-electron chi connectivity index (χ2n) is 4.33. The molecular formula is C14H14BrNO3. The number of rotatable bonds is 5. The SMILES string of the molecule is CN(Cc1ccc(C(=O)O)o1)Cc1ccccc1Br. The van der Waals surface area contributed by atoms with Gasteiger partial charge in [0.2, 0.25) is 5.76 Å². The first-order chi connectivity index (χ1) is 9.06. The monoisotopic (exact) mass is 323 g/mol. The van der Waals surface area contributed by atoms with Gasteiger partial charge < -0.3 is 9.52 Å². The smallest absolute Gasteiger partial charge is 0.371 e. The third kappa shape index (κ3) is 3.68. The Bertz CT molecular complexity index is 580. The normalized spacial score (nSPS) is 10.9. The van der Waals surface area contributed by atoms with Crippen molar-refractivity contribution in [1.82, 2.24) is 4.90 Å².